The minimum Gasteiger partial charge on any atom is -0.856 e. The average molecular weight is 321 g/mol. The van der Waals surface area contributed by atoms with E-state index in [0.717, 1.165) is 11.3 Å². The monoisotopic (exact) mass is 321 g/mol. The SMILES string of the molecule is CC(C)=[N+]1N=C([O-])[C@@H](NC(=O)c2ccccc2)[C@@H]1c1ccccc1. The van der Waals surface area contributed by atoms with Crippen LogP contribution in [0.5, 0.6) is 0 Å². The zero-order valence-electron chi connectivity index (χ0n) is 13.6. The molecule has 1 aliphatic heterocycles. The fraction of sp³-hybridized carbons (Fsp3) is 0.211. The summed E-state index contributed by atoms with van der Waals surface area (Å²) >= 11 is 0. The second-order valence-corrected chi connectivity index (χ2v) is 5.90. The van der Waals surface area contributed by atoms with Gasteiger partial charge in [0.15, 0.2) is 5.71 Å². The van der Waals surface area contributed by atoms with Crippen LogP contribution in [-0.4, -0.2) is 28.2 Å². The van der Waals surface area contributed by atoms with Gasteiger partial charge in [-0.3, -0.25) is 4.79 Å². The molecule has 0 radical (unpaired) electrons. The lowest BCUT2D eigenvalue weighted by atomic mass is 9.99. The van der Waals surface area contributed by atoms with E-state index in [0.29, 0.717) is 5.56 Å². The number of carbonyl (C=O) groups is 1. The molecule has 5 nitrogen and oxygen atoms in total. The first-order chi connectivity index (χ1) is 11.6. The number of hydrogen-bond donors (Lipinski definition) is 1. The van der Waals surface area contributed by atoms with Crippen LogP contribution in [-0.2, 0) is 0 Å². The Hall–Kier alpha value is -2.95. The third-order valence-corrected chi connectivity index (χ3v) is 3.97. The third kappa shape index (κ3) is 3.06. The number of nitrogens with one attached hydrogen (secondary N) is 1. The lowest BCUT2D eigenvalue weighted by Gasteiger charge is -2.20. The summed E-state index contributed by atoms with van der Waals surface area (Å²) in [6.07, 6.45) is 0. The van der Waals surface area contributed by atoms with Crippen LogP contribution in [0.25, 0.3) is 0 Å². The molecule has 1 aliphatic rings. The van der Waals surface area contributed by atoms with E-state index in [1.54, 1.807) is 28.9 Å². The number of nitrogens with zero attached hydrogens (tertiary/aromatic N) is 2. The summed E-state index contributed by atoms with van der Waals surface area (Å²) < 4.78 is 1.69. The summed E-state index contributed by atoms with van der Waals surface area (Å²) in [5.74, 6) is -0.616. The van der Waals surface area contributed by atoms with E-state index in [2.05, 4.69) is 10.4 Å². The molecule has 0 spiro atoms. The van der Waals surface area contributed by atoms with Crippen LogP contribution in [0.15, 0.2) is 65.8 Å². The highest BCUT2D eigenvalue weighted by atomic mass is 16.3. The quantitative estimate of drug-likeness (QED) is 0.875. The Morgan fingerprint density at radius 1 is 1.04 bits per heavy atom. The lowest BCUT2D eigenvalue weighted by Crippen LogP contribution is -2.47. The Labute approximate surface area is 141 Å². The van der Waals surface area contributed by atoms with Crippen molar-refractivity contribution in [1.29, 1.82) is 0 Å². The van der Waals surface area contributed by atoms with Crippen molar-refractivity contribution in [2.45, 2.75) is 25.9 Å². The minimum absolute atomic E-state index is 0.277. The molecule has 1 amide bonds. The van der Waals surface area contributed by atoms with Gasteiger partial charge in [0.1, 0.15) is 6.04 Å². The number of rotatable bonds is 3. The highest BCUT2D eigenvalue weighted by molar-refractivity contribution is 5.97. The Kier molecular flexibility index (Phi) is 4.42. The van der Waals surface area contributed by atoms with E-state index in [-0.39, 0.29) is 17.8 Å². The molecular weight excluding hydrogens is 302 g/mol. The molecule has 1 N–H and O–H groups in total. The highest BCUT2D eigenvalue weighted by Gasteiger charge is 2.41. The average Bonchev–Trinajstić information content (AvgIpc) is 2.93. The number of hydrazone groups is 1. The molecule has 5 heteroatoms. The molecule has 0 bridgehead atoms. The lowest BCUT2D eigenvalue weighted by molar-refractivity contribution is -0.571. The van der Waals surface area contributed by atoms with Crippen molar-refractivity contribution >= 4 is 17.5 Å². The Bertz CT molecular complexity index is 794. The summed E-state index contributed by atoms with van der Waals surface area (Å²) in [5.41, 5.74) is 2.35. The normalized spacial score (nSPS) is 19.8. The van der Waals surface area contributed by atoms with Gasteiger partial charge in [-0.25, -0.2) is 0 Å². The summed E-state index contributed by atoms with van der Waals surface area (Å²) in [6.45, 7) is 3.79. The van der Waals surface area contributed by atoms with Crippen LogP contribution in [0.1, 0.15) is 35.8 Å². The van der Waals surface area contributed by atoms with Crippen LogP contribution in [0.3, 0.4) is 0 Å². The maximum Gasteiger partial charge on any atom is 0.252 e. The molecule has 1 heterocycles. The van der Waals surface area contributed by atoms with Crippen molar-refractivity contribution in [3.8, 4) is 0 Å². The van der Waals surface area contributed by atoms with Crippen LogP contribution in [0.2, 0.25) is 0 Å². The van der Waals surface area contributed by atoms with Crippen LogP contribution in [0.4, 0.5) is 0 Å². The van der Waals surface area contributed by atoms with Crippen LogP contribution in [0, 0.1) is 0 Å². The number of benzene rings is 2. The molecule has 0 fully saturated rings. The highest BCUT2D eigenvalue weighted by Crippen LogP contribution is 2.27. The minimum atomic E-state index is -0.713. The summed E-state index contributed by atoms with van der Waals surface area (Å²) in [5, 5.41) is 19.4. The fourth-order valence-corrected chi connectivity index (χ4v) is 2.82. The largest absolute Gasteiger partial charge is 0.856 e. The molecule has 0 unspecified atom stereocenters. The van der Waals surface area contributed by atoms with E-state index in [1.165, 1.54) is 0 Å². The first-order valence-corrected chi connectivity index (χ1v) is 7.83. The molecule has 0 saturated heterocycles. The fourth-order valence-electron chi connectivity index (χ4n) is 2.82. The standard InChI is InChI=1S/C19H19N3O2/c1-13(2)22-17(14-9-5-3-6-10-14)16(19(24)21-22)20-18(23)15-11-7-4-8-12-15/h3-12,16-17H,1-2H3,(H-,20,21,23,24)/t16-,17-/m0/s1. The van der Waals surface area contributed by atoms with E-state index >= 15 is 0 Å². The molecule has 0 aromatic heterocycles. The molecule has 2 atom stereocenters. The van der Waals surface area contributed by atoms with Gasteiger partial charge in [0.25, 0.3) is 5.91 Å². The van der Waals surface area contributed by atoms with Gasteiger partial charge < -0.3 is 10.4 Å². The second-order valence-electron chi connectivity index (χ2n) is 5.90. The molecule has 0 saturated carbocycles. The van der Waals surface area contributed by atoms with Crippen LogP contribution >= 0.6 is 0 Å². The first-order valence-electron chi connectivity index (χ1n) is 7.83. The van der Waals surface area contributed by atoms with Crippen molar-refractivity contribution in [1.82, 2.24) is 5.32 Å². The van der Waals surface area contributed by atoms with Crippen molar-refractivity contribution < 1.29 is 14.6 Å². The smallest absolute Gasteiger partial charge is 0.252 e. The Morgan fingerprint density at radius 3 is 2.21 bits per heavy atom. The van der Waals surface area contributed by atoms with Gasteiger partial charge >= 0.3 is 0 Å². The zero-order chi connectivity index (χ0) is 17.1. The molecular formula is C19H19N3O2. The second kappa shape index (κ2) is 6.66. The van der Waals surface area contributed by atoms with E-state index in [9.17, 15) is 9.90 Å². The van der Waals surface area contributed by atoms with E-state index in [1.807, 2.05) is 50.2 Å². The van der Waals surface area contributed by atoms with Gasteiger partial charge in [-0.15, -0.1) is 0 Å². The molecule has 0 aliphatic carbocycles. The summed E-state index contributed by atoms with van der Waals surface area (Å²) in [7, 11) is 0. The maximum atomic E-state index is 12.5. The zero-order valence-corrected chi connectivity index (χ0v) is 13.6. The molecule has 122 valence electrons. The summed E-state index contributed by atoms with van der Waals surface area (Å²) in [4.78, 5) is 12.5. The van der Waals surface area contributed by atoms with Gasteiger partial charge in [-0.2, -0.15) is 0 Å². The number of carbonyl (C=O) groups excluding carboxylic acids is 1. The molecule has 24 heavy (non-hydrogen) atoms. The van der Waals surface area contributed by atoms with Gasteiger partial charge in [-0.05, 0) is 17.2 Å². The predicted octanol–water partition coefficient (Wildman–Crippen LogP) is 1.71. The topological polar surface area (TPSA) is 67.5 Å². The van der Waals surface area contributed by atoms with E-state index in [4.69, 9.17) is 0 Å². The Balaban J connectivity index is 1.94. The van der Waals surface area contributed by atoms with Gasteiger partial charge in [0.05, 0.1) is 5.90 Å². The van der Waals surface area contributed by atoms with Crippen molar-refractivity contribution in [2.24, 2.45) is 5.10 Å². The van der Waals surface area contributed by atoms with Gasteiger partial charge in [-0.1, -0.05) is 53.2 Å². The number of hydrogen-bond acceptors (Lipinski definition) is 3. The third-order valence-electron chi connectivity index (χ3n) is 3.97. The van der Waals surface area contributed by atoms with E-state index < -0.39 is 6.04 Å². The predicted molar refractivity (Wildman–Crippen MR) is 90.9 cm³/mol. The molecule has 2 aromatic rings. The maximum absolute atomic E-state index is 12.5. The van der Waals surface area contributed by atoms with Crippen molar-refractivity contribution in [3.63, 3.8) is 0 Å². The van der Waals surface area contributed by atoms with Crippen molar-refractivity contribution in [2.75, 3.05) is 0 Å². The first kappa shape index (κ1) is 15.9. The van der Waals surface area contributed by atoms with Gasteiger partial charge in [0, 0.05) is 25.0 Å². The van der Waals surface area contributed by atoms with Crippen LogP contribution < -0.4 is 10.4 Å². The Morgan fingerprint density at radius 2 is 1.62 bits per heavy atom. The molecule has 2 aromatic carbocycles. The summed E-state index contributed by atoms with van der Waals surface area (Å²) in [6, 6.07) is 17.4. The van der Waals surface area contributed by atoms with Gasteiger partial charge in [0.2, 0.25) is 6.04 Å². The number of amides is 1. The molecule has 3 rings (SSSR count). The van der Waals surface area contributed by atoms with Crippen molar-refractivity contribution in [3.05, 3.63) is 71.8 Å².